The van der Waals surface area contributed by atoms with E-state index in [0.717, 1.165) is 24.6 Å². The van der Waals surface area contributed by atoms with Crippen LogP contribution in [0.1, 0.15) is 55.9 Å². The molecule has 3 nitrogen and oxygen atoms in total. The molecule has 1 N–H and O–H groups in total. The number of hydrogen-bond acceptors (Lipinski definition) is 4. The van der Waals surface area contributed by atoms with Crippen LogP contribution in [0.4, 0.5) is 0 Å². The fourth-order valence-corrected chi connectivity index (χ4v) is 3.36. The largest absolute Gasteiger partial charge is 0.493 e. The summed E-state index contributed by atoms with van der Waals surface area (Å²) in [6.07, 6.45) is 8.00. The number of rotatable bonds is 13. The number of unbranched alkanes of at least 4 members (excludes halogenated alkanes) is 5. The highest BCUT2D eigenvalue weighted by Gasteiger charge is 2.06. The van der Waals surface area contributed by atoms with Crippen LogP contribution in [0.15, 0.2) is 35.7 Å². The highest BCUT2D eigenvalue weighted by atomic mass is 35.5. The SMILES string of the molecule is CCCCCCCCNCc1ccc(OCc2cccs2)c(OC)c1.Cl. The lowest BCUT2D eigenvalue weighted by atomic mass is 10.1. The van der Waals surface area contributed by atoms with Crippen LogP contribution in [0.5, 0.6) is 11.5 Å². The van der Waals surface area contributed by atoms with Crippen molar-refractivity contribution in [3.05, 3.63) is 46.2 Å². The van der Waals surface area contributed by atoms with Gasteiger partial charge in [0.05, 0.1) is 7.11 Å². The molecule has 0 atom stereocenters. The lowest BCUT2D eigenvalue weighted by molar-refractivity contribution is 0.287. The minimum absolute atomic E-state index is 0. The van der Waals surface area contributed by atoms with E-state index in [4.69, 9.17) is 9.47 Å². The second kappa shape index (κ2) is 13.9. The quantitative estimate of drug-likeness (QED) is 0.407. The molecule has 0 fully saturated rings. The van der Waals surface area contributed by atoms with E-state index in [9.17, 15) is 0 Å². The van der Waals surface area contributed by atoms with Gasteiger partial charge in [0.25, 0.3) is 0 Å². The third-order valence-electron chi connectivity index (χ3n) is 4.21. The molecule has 0 bridgehead atoms. The summed E-state index contributed by atoms with van der Waals surface area (Å²) >= 11 is 1.70. The fraction of sp³-hybridized carbons (Fsp3) is 0.524. The lowest BCUT2D eigenvalue weighted by Crippen LogP contribution is -2.14. The molecule has 1 aromatic heterocycles. The molecule has 1 aromatic carbocycles. The van der Waals surface area contributed by atoms with E-state index in [1.807, 2.05) is 12.1 Å². The van der Waals surface area contributed by atoms with Crippen molar-refractivity contribution in [2.45, 2.75) is 58.6 Å². The van der Waals surface area contributed by atoms with Crippen molar-refractivity contribution in [1.29, 1.82) is 0 Å². The maximum atomic E-state index is 5.88. The summed E-state index contributed by atoms with van der Waals surface area (Å²) in [5.74, 6) is 1.60. The molecule has 0 amide bonds. The molecule has 2 aromatic rings. The van der Waals surface area contributed by atoms with Crippen molar-refractivity contribution in [3.8, 4) is 11.5 Å². The van der Waals surface area contributed by atoms with E-state index in [1.54, 1.807) is 18.4 Å². The molecule has 0 saturated heterocycles. The number of halogens is 1. The van der Waals surface area contributed by atoms with Gasteiger partial charge in [-0.15, -0.1) is 23.7 Å². The first-order valence-corrected chi connectivity index (χ1v) is 10.2. The summed E-state index contributed by atoms with van der Waals surface area (Å²) in [5.41, 5.74) is 1.23. The summed E-state index contributed by atoms with van der Waals surface area (Å²) in [5, 5.41) is 5.59. The molecule has 2 rings (SSSR count). The van der Waals surface area contributed by atoms with E-state index in [2.05, 4.69) is 35.8 Å². The Bertz CT molecular complexity index is 590. The highest BCUT2D eigenvalue weighted by molar-refractivity contribution is 7.09. The van der Waals surface area contributed by atoms with Crippen molar-refractivity contribution in [2.24, 2.45) is 0 Å². The molecule has 0 aliphatic carbocycles. The molecule has 0 saturated carbocycles. The summed E-state index contributed by atoms with van der Waals surface area (Å²) in [6.45, 7) is 4.79. The van der Waals surface area contributed by atoms with Crippen LogP contribution >= 0.6 is 23.7 Å². The monoisotopic (exact) mass is 397 g/mol. The average molecular weight is 398 g/mol. The molecule has 146 valence electrons. The molecule has 0 unspecified atom stereocenters. The minimum atomic E-state index is 0. The van der Waals surface area contributed by atoms with Gasteiger partial charge in [-0.25, -0.2) is 0 Å². The van der Waals surface area contributed by atoms with E-state index in [-0.39, 0.29) is 12.4 Å². The van der Waals surface area contributed by atoms with E-state index in [1.165, 1.54) is 49.0 Å². The fourth-order valence-electron chi connectivity index (χ4n) is 2.75. The molecule has 0 aliphatic heterocycles. The van der Waals surface area contributed by atoms with Crippen LogP contribution in [0.3, 0.4) is 0 Å². The number of ether oxygens (including phenoxy) is 2. The van der Waals surface area contributed by atoms with E-state index < -0.39 is 0 Å². The van der Waals surface area contributed by atoms with Gasteiger partial charge < -0.3 is 14.8 Å². The summed E-state index contributed by atoms with van der Waals surface area (Å²) < 4.78 is 11.4. The van der Waals surface area contributed by atoms with Crippen molar-refractivity contribution in [1.82, 2.24) is 5.32 Å². The Balaban J connectivity index is 0.00000338. The van der Waals surface area contributed by atoms with E-state index >= 15 is 0 Å². The molecule has 0 aliphatic rings. The maximum Gasteiger partial charge on any atom is 0.161 e. The first-order valence-electron chi connectivity index (χ1n) is 9.36. The molecular weight excluding hydrogens is 366 g/mol. The Morgan fingerprint density at radius 2 is 1.81 bits per heavy atom. The average Bonchev–Trinajstić information content (AvgIpc) is 3.16. The molecular formula is C21H32ClNO2S. The van der Waals surface area contributed by atoms with Crippen molar-refractivity contribution >= 4 is 23.7 Å². The summed E-state index contributed by atoms with van der Waals surface area (Å²) in [7, 11) is 1.70. The van der Waals surface area contributed by atoms with E-state index in [0.29, 0.717) is 6.61 Å². The lowest BCUT2D eigenvalue weighted by Gasteiger charge is -2.12. The molecule has 0 radical (unpaired) electrons. The number of hydrogen-bond donors (Lipinski definition) is 1. The van der Waals surface area contributed by atoms with Gasteiger partial charge in [-0.05, 0) is 42.1 Å². The second-order valence-corrected chi connectivity index (χ2v) is 7.33. The van der Waals surface area contributed by atoms with Gasteiger partial charge >= 0.3 is 0 Å². The zero-order valence-corrected chi connectivity index (χ0v) is 17.6. The number of methoxy groups -OCH3 is 1. The van der Waals surface area contributed by atoms with Crippen molar-refractivity contribution in [2.75, 3.05) is 13.7 Å². The normalized spacial score (nSPS) is 10.4. The first kappa shape index (κ1) is 22.8. The highest BCUT2D eigenvalue weighted by Crippen LogP contribution is 2.29. The topological polar surface area (TPSA) is 30.5 Å². The van der Waals surface area contributed by atoms with Gasteiger partial charge in [0.15, 0.2) is 11.5 Å². The Hall–Kier alpha value is -1.23. The first-order chi connectivity index (χ1) is 12.3. The van der Waals surface area contributed by atoms with Gasteiger partial charge in [0.1, 0.15) is 6.61 Å². The van der Waals surface area contributed by atoms with Crippen LogP contribution in [-0.4, -0.2) is 13.7 Å². The van der Waals surface area contributed by atoms with Crippen molar-refractivity contribution < 1.29 is 9.47 Å². The molecule has 26 heavy (non-hydrogen) atoms. The minimum Gasteiger partial charge on any atom is -0.493 e. The van der Waals surface area contributed by atoms with Crippen LogP contribution in [0.25, 0.3) is 0 Å². The summed E-state index contributed by atoms with van der Waals surface area (Å²) in [6, 6.07) is 10.3. The predicted octanol–water partition coefficient (Wildman–Crippen LogP) is 6.21. The van der Waals surface area contributed by atoms with Gasteiger partial charge in [-0.1, -0.05) is 51.2 Å². The van der Waals surface area contributed by atoms with Crippen LogP contribution in [0.2, 0.25) is 0 Å². The maximum absolute atomic E-state index is 5.88. The standard InChI is InChI=1S/C21H31NO2S.ClH/c1-3-4-5-6-7-8-13-22-16-18-11-12-20(21(15-18)23-2)24-17-19-10-9-14-25-19;/h9-12,14-15,22H,3-8,13,16-17H2,1-2H3;1H. The third kappa shape index (κ3) is 8.43. The predicted molar refractivity (Wildman–Crippen MR) is 114 cm³/mol. The number of benzene rings is 1. The van der Waals surface area contributed by atoms with Crippen molar-refractivity contribution in [3.63, 3.8) is 0 Å². The van der Waals surface area contributed by atoms with Gasteiger partial charge in [0, 0.05) is 11.4 Å². The van der Waals surface area contributed by atoms with Gasteiger partial charge in [-0.3, -0.25) is 0 Å². The van der Waals surface area contributed by atoms with Crippen LogP contribution in [0, 0.1) is 0 Å². The Morgan fingerprint density at radius 1 is 1.00 bits per heavy atom. The zero-order chi connectivity index (χ0) is 17.7. The number of nitrogens with one attached hydrogen (secondary N) is 1. The van der Waals surface area contributed by atoms with Crippen LogP contribution in [-0.2, 0) is 13.2 Å². The smallest absolute Gasteiger partial charge is 0.161 e. The Morgan fingerprint density at radius 3 is 2.54 bits per heavy atom. The second-order valence-electron chi connectivity index (χ2n) is 6.30. The molecule has 5 heteroatoms. The Kier molecular flexibility index (Phi) is 12.2. The summed E-state index contributed by atoms with van der Waals surface area (Å²) in [4.78, 5) is 1.21. The number of thiophene rings is 1. The molecule has 1 heterocycles. The molecule has 0 spiro atoms. The third-order valence-corrected chi connectivity index (χ3v) is 5.06. The zero-order valence-electron chi connectivity index (χ0n) is 16.0. The van der Waals surface area contributed by atoms with Crippen LogP contribution < -0.4 is 14.8 Å². The van der Waals surface area contributed by atoms with Gasteiger partial charge in [-0.2, -0.15) is 0 Å². The van der Waals surface area contributed by atoms with Gasteiger partial charge in [0.2, 0.25) is 0 Å². The Labute approximate surface area is 168 Å².